The molecule has 70 valence electrons. The number of hydrogen-bond acceptors (Lipinski definition) is 3. The molecule has 1 aromatic rings. The van der Waals surface area contributed by atoms with Crippen LogP contribution in [0.25, 0.3) is 6.08 Å². The molecular weight excluding hydrogens is 211 g/mol. The number of carbonyl (C=O) groups is 1. The molecule has 1 aliphatic heterocycles. The topological polar surface area (TPSA) is 42.3 Å². The number of carbonyl (C=O) groups excluding carboxylic acids is 1. The van der Waals surface area contributed by atoms with Crippen LogP contribution in [0.2, 0.25) is 0 Å². The van der Waals surface area contributed by atoms with Gasteiger partial charge in [0.05, 0.1) is 10.7 Å². The predicted octanol–water partition coefficient (Wildman–Crippen LogP) is -0.0920. The third-order valence-corrected chi connectivity index (χ3v) is 1.52. The molecule has 13 heavy (non-hydrogen) atoms. The molecule has 0 fully saturated rings. The van der Waals surface area contributed by atoms with Gasteiger partial charge in [0.25, 0.3) is 0 Å². The SMILES string of the molecule is Cl.Cl.O=C1C=c2ncccc2=NC1. The van der Waals surface area contributed by atoms with Crippen molar-refractivity contribution in [2.75, 3.05) is 6.54 Å². The average Bonchev–Trinajstić information content (AvgIpc) is 2.04. The van der Waals surface area contributed by atoms with E-state index < -0.39 is 0 Å². The Morgan fingerprint density at radius 2 is 2.08 bits per heavy atom. The van der Waals surface area contributed by atoms with Gasteiger partial charge in [0, 0.05) is 12.3 Å². The molecule has 0 bridgehead atoms. The van der Waals surface area contributed by atoms with Crippen LogP contribution < -0.4 is 10.7 Å². The molecule has 0 saturated carbocycles. The highest BCUT2D eigenvalue weighted by Gasteiger charge is 2.00. The Morgan fingerprint density at radius 1 is 1.31 bits per heavy atom. The van der Waals surface area contributed by atoms with E-state index in [1.54, 1.807) is 6.20 Å². The number of Topliss-reactive ketones (excluding diaryl/α,β-unsaturated/α-hetero) is 1. The van der Waals surface area contributed by atoms with E-state index in [1.165, 1.54) is 6.08 Å². The second-order valence-corrected chi connectivity index (χ2v) is 2.33. The quantitative estimate of drug-likeness (QED) is 0.611. The summed E-state index contributed by atoms with van der Waals surface area (Å²) in [5, 5.41) is 1.50. The summed E-state index contributed by atoms with van der Waals surface area (Å²) in [7, 11) is 0. The third kappa shape index (κ3) is 2.50. The maximum atomic E-state index is 10.8. The lowest BCUT2D eigenvalue weighted by atomic mass is 10.3. The van der Waals surface area contributed by atoms with E-state index in [2.05, 4.69) is 9.98 Å². The van der Waals surface area contributed by atoms with Gasteiger partial charge in [-0.3, -0.25) is 14.8 Å². The fraction of sp³-hybridized carbons (Fsp3) is 0.125. The summed E-state index contributed by atoms with van der Waals surface area (Å²) in [5.74, 6) is 0.0243. The molecule has 0 aliphatic carbocycles. The maximum Gasteiger partial charge on any atom is 0.179 e. The molecule has 0 unspecified atom stereocenters. The number of aromatic nitrogens is 1. The highest BCUT2D eigenvalue weighted by Crippen LogP contribution is 1.79. The van der Waals surface area contributed by atoms with Crippen LogP contribution in [0.4, 0.5) is 0 Å². The average molecular weight is 219 g/mol. The van der Waals surface area contributed by atoms with Crippen molar-refractivity contribution in [1.29, 1.82) is 0 Å². The molecule has 2 rings (SSSR count). The smallest absolute Gasteiger partial charge is 0.179 e. The van der Waals surface area contributed by atoms with Crippen molar-refractivity contribution in [3.8, 4) is 0 Å². The van der Waals surface area contributed by atoms with Crippen molar-refractivity contribution in [3.05, 3.63) is 29.0 Å². The van der Waals surface area contributed by atoms with Crippen LogP contribution in [0.15, 0.2) is 23.3 Å². The van der Waals surface area contributed by atoms with Crippen LogP contribution in [0.1, 0.15) is 0 Å². The van der Waals surface area contributed by atoms with Gasteiger partial charge in [-0.1, -0.05) is 0 Å². The lowest BCUT2D eigenvalue weighted by molar-refractivity contribution is -0.112. The lowest BCUT2D eigenvalue weighted by Crippen LogP contribution is -2.33. The summed E-state index contributed by atoms with van der Waals surface area (Å²) in [6, 6.07) is 3.66. The summed E-state index contributed by atoms with van der Waals surface area (Å²) in [4.78, 5) is 18.9. The zero-order valence-electron chi connectivity index (χ0n) is 6.64. The summed E-state index contributed by atoms with van der Waals surface area (Å²) >= 11 is 0. The molecule has 0 aromatic carbocycles. The summed E-state index contributed by atoms with van der Waals surface area (Å²) < 4.78 is 0. The van der Waals surface area contributed by atoms with E-state index in [-0.39, 0.29) is 37.1 Å². The van der Waals surface area contributed by atoms with Crippen molar-refractivity contribution in [1.82, 2.24) is 4.98 Å². The summed E-state index contributed by atoms with van der Waals surface area (Å²) in [6.07, 6.45) is 3.19. The van der Waals surface area contributed by atoms with Crippen molar-refractivity contribution in [3.63, 3.8) is 0 Å². The van der Waals surface area contributed by atoms with Crippen LogP contribution in [0.5, 0.6) is 0 Å². The minimum atomic E-state index is 0. The van der Waals surface area contributed by atoms with E-state index >= 15 is 0 Å². The first-order valence-electron chi connectivity index (χ1n) is 3.36. The van der Waals surface area contributed by atoms with Gasteiger partial charge in [0.15, 0.2) is 5.78 Å². The van der Waals surface area contributed by atoms with Crippen LogP contribution >= 0.6 is 24.8 Å². The summed E-state index contributed by atoms with van der Waals surface area (Å²) in [5.41, 5.74) is 0. The number of rotatable bonds is 0. The maximum absolute atomic E-state index is 10.8. The van der Waals surface area contributed by atoms with Gasteiger partial charge >= 0.3 is 0 Å². The fourth-order valence-corrected chi connectivity index (χ4v) is 1.02. The van der Waals surface area contributed by atoms with Gasteiger partial charge in [0.1, 0.15) is 6.54 Å². The standard InChI is InChI=1S/C8H6N2O.2ClH/c11-6-4-8-7(10-5-6)2-1-3-9-8;;/h1-4H,5H2;2*1H. The number of hydrogen-bond donors (Lipinski definition) is 0. The Labute approximate surface area is 87.4 Å². The molecule has 0 atom stereocenters. The first kappa shape index (κ1) is 12.1. The van der Waals surface area contributed by atoms with Gasteiger partial charge in [-0.05, 0) is 12.1 Å². The van der Waals surface area contributed by atoms with Crippen molar-refractivity contribution in [2.24, 2.45) is 4.99 Å². The van der Waals surface area contributed by atoms with Crippen molar-refractivity contribution in [2.45, 2.75) is 0 Å². The minimum Gasteiger partial charge on any atom is -0.293 e. The lowest BCUT2D eigenvalue weighted by Gasteiger charge is -1.95. The molecule has 1 aromatic heterocycles. The van der Waals surface area contributed by atoms with Gasteiger partial charge < -0.3 is 0 Å². The summed E-state index contributed by atoms with van der Waals surface area (Å²) in [6.45, 7) is 0.263. The molecule has 0 N–H and O–H groups in total. The molecule has 1 aliphatic rings. The highest BCUT2D eigenvalue weighted by atomic mass is 35.5. The first-order valence-corrected chi connectivity index (χ1v) is 3.36. The number of fused-ring (bicyclic) bond motifs is 1. The minimum absolute atomic E-state index is 0. The van der Waals surface area contributed by atoms with Crippen LogP contribution in [0.3, 0.4) is 0 Å². The van der Waals surface area contributed by atoms with Gasteiger partial charge in [-0.15, -0.1) is 24.8 Å². The number of pyridine rings is 1. The largest absolute Gasteiger partial charge is 0.293 e. The zero-order valence-corrected chi connectivity index (χ0v) is 8.27. The van der Waals surface area contributed by atoms with Crippen LogP contribution in [-0.4, -0.2) is 17.3 Å². The van der Waals surface area contributed by atoms with E-state index in [0.29, 0.717) is 5.35 Å². The molecule has 0 radical (unpaired) electrons. The van der Waals surface area contributed by atoms with Gasteiger partial charge in [0.2, 0.25) is 0 Å². The Bertz CT molecular complexity index is 416. The number of ketones is 1. The second kappa shape index (κ2) is 4.94. The van der Waals surface area contributed by atoms with Gasteiger partial charge in [-0.2, -0.15) is 0 Å². The first-order chi connectivity index (χ1) is 5.36. The van der Waals surface area contributed by atoms with Crippen molar-refractivity contribution >= 4 is 36.7 Å². The Balaban J connectivity index is 0.000000720. The van der Waals surface area contributed by atoms with E-state index in [1.807, 2.05) is 12.1 Å². The molecule has 0 saturated heterocycles. The van der Waals surface area contributed by atoms with Gasteiger partial charge in [-0.25, -0.2) is 0 Å². The van der Waals surface area contributed by atoms with Crippen LogP contribution in [-0.2, 0) is 4.79 Å². The number of nitrogens with zero attached hydrogens (tertiary/aromatic N) is 2. The Hall–Kier alpha value is -0.930. The number of halogens is 2. The second-order valence-electron chi connectivity index (χ2n) is 2.33. The van der Waals surface area contributed by atoms with E-state index in [9.17, 15) is 4.79 Å². The molecule has 5 heteroatoms. The van der Waals surface area contributed by atoms with Crippen LogP contribution in [0, 0.1) is 0 Å². The van der Waals surface area contributed by atoms with E-state index in [4.69, 9.17) is 0 Å². The molecular formula is C8H8Cl2N2O. The normalized spacial score (nSPS) is 12.5. The zero-order chi connectivity index (χ0) is 7.68. The molecule has 2 heterocycles. The molecule has 3 nitrogen and oxygen atoms in total. The molecule has 0 amide bonds. The predicted molar refractivity (Wildman–Crippen MR) is 53.9 cm³/mol. The Kier molecular flexibility index (Phi) is 4.59. The fourth-order valence-electron chi connectivity index (χ4n) is 1.02. The monoisotopic (exact) mass is 218 g/mol. The third-order valence-electron chi connectivity index (χ3n) is 1.52. The highest BCUT2D eigenvalue weighted by molar-refractivity contribution is 6.07. The Morgan fingerprint density at radius 3 is 2.85 bits per heavy atom. The van der Waals surface area contributed by atoms with Crippen molar-refractivity contribution < 1.29 is 4.79 Å². The molecule has 0 spiro atoms. The van der Waals surface area contributed by atoms with E-state index in [0.717, 1.165) is 5.36 Å².